The Morgan fingerprint density at radius 1 is 1.08 bits per heavy atom. The predicted molar refractivity (Wildman–Crippen MR) is 144 cm³/mol. The number of phenols is 1. The van der Waals surface area contributed by atoms with E-state index in [9.17, 15) is 14.7 Å². The summed E-state index contributed by atoms with van der Waals surface area (Å²) in [4.78, 5) is 29.5. The number of hydrogen-bond acceptors (Lipinski definition) is 7. The fourth-order valence-electron chi connectivity index (χ4n) is 4.43. The zero-order valence-electron chi connectivity index (χ0n) is 22.1. The maximum Gasteiger partial charge on any atom is 0.247 e. The van der Waals surface area contributed by atoms with Gasteiger partial charge in [0.25, 0.3) is 0 Å². The Balaban J connectivity index is 1.55. The van der Waals surface area contributed by atoms with E-state index in [2.05, 4.69) is 15.6 Å². The van der Waals surface area contributed by atoms with Crippen LogP contribution in [-0.4, -0.2) is 49.1 Å². The molecule has 10 nitrogen and oxygen atoms in total. The molecule has 0 unspecified atom stereocenters. The molecule has 202 valence electrons. The lowest BCUT2D eigenvalue weighted by molar-refractivity contribution is -0.143. The van der Waals surface area contributed by atoms with Gasteiger partial charge >= 0.3 is 0 Å². The third kappa shape index (κ3) is 5.64. The van der Waals surface area contributed by atoms with E-state index in [1.54, 1.807) is 18.2 Å². The van der Waals surface area contributed by atoms with Crippen molar-refractivity contribution in [3.8, 4) is 17.2 Å². The third-order valence-corrected chi connectivity index (χ3v) is 6.93. The summed E-state index contributed by atoms with van der Waals surface area (Å²) in [6.45, 7) is 5.99. The van der Waals surface area contributed by atoms with Gasteiger partial charge in [0.05, 0.1) is 5.52 Å². The molecule has 1 aliphatic heterocycles. The molecule has 2 amide bonds. The number of ether oxygens (including phenoxy) is 2. The topological polar surface area (TPSA) is 119 Å². The standard InChI is InChI=1S/C29H31N5O5/c1-4-29(2,3)30-28(37)27(20-10-12-21(35)13-11-20)33(16-19-9-14-24-25(15-19)39-18-38-24)26(36)17-34-23-8-6-5-7-22(23)31-32-34/h5-15,27,35H,4,16-18H2,1-3H3,(H,30,37)/t27-/m1/s1. The molecule has 39 heavy (non-hydrogen) atoms. The van der Waals surface area contributed by atoms with Gasteiger partial charge in [0, 0.05) is 12.1 Å². The van der Waals surface area contributed by atoms with Crippen molar-refractivity contribution in [1.82, 2.24) is 25.2 Å². The quantitative estimate of drug-likeness (QED) is 0.337. The first-order chi connectivity index (χ1) is 18.7. The predicted octanol–water partition coefficient (Wildman–Crippen LogP) is 3.94. The number of para-hydroxylation sites is 1. The summed E-state index contributed by atoms with van der Waals surface area (Å²) in [7, 11) is 0. The van der Waals surface area contributed by atoms with Gasteiger partial charge in [-0.1, -0.05) is 42.5 Å². The van der Waals surface area contributed by atoms with E-state index in [0.29, 0.717) is 34.5 Å². The number of hydrogen-bond donors (Lipinski definition) is 2. The molecule has 1 aromatic heterocycles. The van der Waals surface area contributed by atoms with Crippen molar-refractivity contribution < 1.29 is 24.2 Å². The Morgan fingerprint density at radius 2 is 1.82 bits per heavy atom. The first-order valence-corrected chi connectivity index (χ1v) is 12.8. The fourth-order valence-corrected chi connectivity index (χ4v) is 4.43. The molecule has 0 saturated carbocycles. The number of nitrogens with zero attached hydrogens (tertiary/aromatic N) is 4. The van der Waals surface area contributed by atoms with Gasteiger partial charge < -0.3 is 24.8 Å². The molecule has 1 aliphatic rings. The van der Waals surface area contributed by atoms with E-state index >= 15 is 0 Å². The van der Waals surface area contributed by atoms with Crippen LogP contribution in [0.3, 0.4) is 0 Å². The third-order valence-electron chi connectivity index (χ3n) is 6.93. The Morgan fingerprint density at radius 3 is 2.59 bits per heavy atom. The molecule has 2 N–H and O–H groups in total. The molecule has 0 fully saturated rings. The number of carbonyl (C=O) groups is 2. The fraction of sp³-hybridized carbons (Fsp3) is 0.310. The lowest BCUT2D eigenvalue weighted by atomic mass is 9.98. The van der Waals surface area contributed by atoms with Crippen molar-refractivity contribution in [1.29, 1.82) is 0 Å². The largest absolute Gasteiger partial charge is 0.508 e. The van der Waals surface area contributed by atoms with Gasteiger partial charge in [-0.3, -0.25) is 9.59 Å². The molecule has 0 aliphatic carbocycles. The highest BCUT2D eigenvalue weighted by molar-refractivity contribution is 5.89. The molecule has 10 heteroatoms. The number of phenolic OH excluding ortho intramolecular Hbond substituents is 1. The average Bonchev–Trinajstić information content (AvgIpc) is 3.56. The van der Waals surface area contributed by atoms with E-state index in [1.807, 2.05) is 57.2 Å². The highest BCUT2D eigenvalue weighted by Gasteiger charge is 2.34. The van der Waals surface area contributed by atoms with Gasteiger partial charge in [-0.05, 0) is 67.8 Å². The number of aromatic hydroxyl groups is 1. The van der Waals surface area contributed by atoms with Gasteiger partial charge in [-0.15, -0.1) is 5.10 Å². The lowest BCUT2D eigenvalue weighted by Crippen LogP contribution is -2.50. The number of benzene rings is 3. The molecular formula is C29H31N5O5. The summed E-state index contributed by atoms with van der Waals surface area (Å²) in [6.07, 6.45) is 0.697. The molecule has 2 heterocycles. The molecule has 0 spiro atoms. The summed E-state index contributed by atoms with van der Waals surface area (Å²) in [5.41, 5.74) is 2.22. The van der Waals surface area contributed by atoms with E-state index in [-0.39, 0.29) is 37.4 Å². The maximum atomic E-state index is 14.1. The summed E-state index contributed by atoms with van der Waals surface area (Å²) >= 11 is 0. The minimum Gasteiger partial charge on any atom is -0.508 e. The number of rotatable bonds is 9. The second kappa shape index (κ2) is 10.6. The monoisotopic (exact) mass is 529 g/mol. The number of nitrogens with one attached hydrogen (secondary N) is 1. The van der Waals surface area contributed by atoms with Gasteiger partial charge in [0.1, 0.15) is 23.9 Å². The Labute approximate surface area is 226 Å². The van der Waals surface area contributed by atoms with Gasteiger partial charge in [-0.25, -0.2) is 4.68 Å². The molecule has 5 rings (SSSR count). The summed E-state index contributed by atoms with van der Waals surface area (Å²) in [5.74, 6) is 0.619. The Bertz CT molecular complexity index is 1500. The van der Waals surface area contributed by atoms with Crippen molar-refractivity contribution in [2.45, 2.75) is 51.9 Å². The minimum absolute atomic E-state index is 0.0644. The van der Waals surface area contributed by atoms with Crippen LogP contribution in [0.4, 0.5) is 0 Å². The molecule has 4 aromatic rings. The van der Waals surface area contributed by atoms with Crippen LogP contribution in [0.2, 0.25) is 0 Å². The number of carbonyl (C=O) groups excluding carboxylic acids is 2. The summed E-state index contributed by atoms with van der Waals surface area (Å²) in [6, 6.07) is 18.2. The van der Waals surface area contributed by atoms with Crippen molar-refractivity contribution in [2.24, 2.45) is 0 Å². The van der Waals surface area contributed by atoms with Gasteiger partial charge in [-0.2, -0.15) is 0 Å². The number of aromatic nitrogens is 3. The van der Waals surface area contributed by atoms with E-state index < -0.39 is 11.6 Å². The highest BCUT2D eigenvalue weighted by Crippen LogP contribution is 2.34. The second-order valence-corrected chi connectivity index (χ2v) is 10.2. The van der Waals surface area contributed by atoms with Gasteiger partial charge in [0.15, 0.2) is 11.5 Å². The Hall–Kier alpha value is -4.60. The SMILES string of the molecule is CCC(C)(C)NC(=O)[C@@H](c1ccc(O)cc1)N(Cc1ccc2c(c1)OCO2)C(=O)Cn1nnc2ccccc21. The normalized spacial score (nSPS) is 13.3. The first-order valence-electron chi connectivity index (χ1n) is 12.8. The summed E-state index contributed by atoms with van der Waals surface area (Å²) < 4.78 is 12.5. The van der Waals surface area contributed by atoms with E-state index in [4.69, 9.17) is 9.47 Å². The van der Waals surface area contributed by atoms with Crippen molar-refractivity contribution in [3.05, 3.63) is 77.9 Å². The highest BCUT2D eigenvalue weighted by atomic mass is 16.7. The van der Waals surface area contributed by atoms with Crippen LogP contribution in [0.15, 0.2) is 66.7 Å². The summed E-state index contributed by atoms with van der Waals surface area (Å²) in [5, 5.41) is 21.4. The van der Waals surface area contributed by atoms with Crippen LogP contribution >= 0.6 is 0 Å². The second-order valence-electron chi connectivity index (χ2n) is 10.2. The molecule has 1 atom stereocenters. The van der Waals surface area contributed by atoms with Crippen molar-refractivity contribution >= 4 is 22.8 Å². The smallest absolute Gasteiger partial charge is 0.247 e. The van der Waals surface area contributed by atoms with Crippen molar-refractivity contribution in [2.75, 3.05) is 6.79 Å². The number of amides is 2. The van der Waals surface area contributed by atoms with Crippen LogP contribution in [0, 0.1) is 0 Å². The zero-order chi connectivity index (χ0) is 27.6. The van der Waals surface area contributed by atoms with Crippen LogP contribution in [0.1, 0.15) is 44.4 Å². The first kappa shape index (κ1) is 26.0. The van der Waals surface area contributed by atoms with Gasteiger partial charge in [0.2, 0.25) is 18.6 Å². The van der Waals surface area contributed by atoms with Crippen molar-refractivity contribution in [3.63, 3.8) is 0 Å². The molecule has 0 radical (unpaired) electrons. The lowest BCUT2D eigenvalue weighted by Gasteiger charge is -2.34. The van der Waals surface area contributed by atoms with Crippen LogP contribution in [0.25, 0.3) is 11.0 Å². The minimum atomic E-state index is -0.982. The number of fused-ring (bicyclic) bond motifs is 2. The molecule has 0 bridgehead atoms. The van der Waals surface area contributed by atoms with E-state index in [1.165, 1.54) is 21.7 Å². The molecule has 3 aromatic carbocycles. The zero-order valence-corrected chi connectivity index (χ0v) is 22.1. The van der Waals surface area contributed by atoms with E-state index in [0.717, 1.165) is 5.56 Å². The van der Waals surface area contributed by atoms with Crippen LogP contribution in [0.5, 0.6) is 17.2 Å². The average molecular weight is 530 g/mol. The Kier molecular flexibility index (Phi) is 7.10. The van der Waals surface area contributed by atoms with Crippen LogP contribution in [-0.2, 0) is 22.7 Å². The maximum absolute atomic E-state index is 14.1. The molecular weight excluding hydrogens is 498 g/mol. The van der Waals surface area contributed by atoms with Crippen LogP contribution < -0.4 is 14.8 Å². The molecule has 0 saturated heterocycles.